The Balaban J connectivity index is 1.99. The number of aryl methyl sites for hydroxylation is 2. The van der Waals surface area contributed by atoms with E-state index in [-0.39, 0.29) is 0 Å². The van der Waals surface area contributed by atoms with Crippen LogP contribution in [0.25, 0.3) is 0 Å². The van der Waals surface area contributed by atoms with Crippen LogP contribution < -0.4 is 5.32 Å². The molecule has 0 amide bonds. The molecule has 0 radical (unpaired) electrons. The zero-order valence-electron chi connectivity index (χ0n) is 13.2. The fourth-order valence-electron chi connectivity index (χ4n) is 2.73. The van der Waals surface area contributed by atoms with Crippen molar-refractivity contribution in [1.82, 2.24) is 5.32 Å². The normalized spacial score (nSPS) is 11.9. The largest absolute Gasteiger partial charge is 0.391 e. The van der Waals surface area contributed by atoms with Gasteiger partial charge in [-0.1, -0.05) is 60.6 Å². The first-order valence-electron chi connectivity index (χ1n) is 7.85. The first kappa shape index (κ1) is 16.6. The van der Waals surface area contributed by atoms with Crippen molar-refractivity contribution in [3.8, 4) is 0 Å². The minimum absolute atomic E-state index is 0.484. The van der Waals surface area contributed by atoms with Gasteiger partial charge in [-0.15, -0.1) is 0 Å². The maximum absolute atomic E-state index is 6.14. The van der Waals surface area contributed by atoms with E-state index < -0.39 is 0 Å². The van der Waals surface area contributed by atoms with Gasteiger partial charge in [0.15, 0.2) is 0 Å². The number of nitrogens with one attached hydrogen (secondary N) is 1. The van der Waals surface area contributed by atoms with Crippen molar-refractivity contribution in [3.63, 3.8) is 0 Å². The molecule has 0 aliphatic carbocycles. The molecule has 0 aliphatic rings. The molecule has 0 heterocycles. The molecule has 2 rings (SSSR count). The fraction of sp³-hybridized carbons (Fsp3) is 0.300. The highest BCUT2D eigenvalue weighted by Crippen LogP contribution is 2.26. The molecule has 0 saturated carbocycles. The van der Waals surface area contributed by atoms with Crippen LogP contribution in [0.4, 0.5) is 0 Å². The van der Waals surface area contributed by atoms with Crippen LogP contribution in [0.1, 0.15) is 35.4 Å². The molecule has 0 aliphatic heterocycles. The molecule has 116 valence electrons. The summed E-state index contributed by atoms with van der Waals surface area (Å²) in [5.74, 6) is 0.484. The van der Waals surface area contributed by atoms with Gasteiger partial charge in [0, 0.05) is 17.5 Å². The SMILES string of the molecule is C=CNCC(CCCc1ccccc1)c1ccc(Cl)c(C)c1. The third-order valence-electron chi connectivity index (χ3n) is 4.02. The minimum Gasteiger partial charge on any atom is -0.391 e. The Labute approximate surface area is 139 Å². The van der Waals surface area contributed by atoms with Crippen molar-refractivity contribution in [2.24, 2.45) is 0 Å². The van der Waals surface area contributed by atoms with Gasteiger partial charge in [-0.3, -0.25) is 0 Å². The van der Waals surface area contributed by atoms with Gasteiger partial charge in [-0.25, -0.2) is 0 Å². The summed E-state index contributed by atoms with van der Waals surface area (Å²) in [6, 6.07) is 17.0. The van der Waals surface area contributed by atoms with E-state index >= 15 is 0 Å². The molecule has 0 fully saturated rings. The van der Waals surface area contributed by atoms with Crippen LogP contribution >= 0.6 is 11.6 Å². The first-order valence-corrected chi connectivity index (χ1v) is 8.22. The van der Waals surface area contributed by atoms with E-state index in [0.717, 1.165) is 30.0 Å². The third-order valence-corrected chi connectivity index (χ3v) is 4.45. The van der Waals surface area contributed by atoms with E-state index in [1.165, 1.54) is 17.5 Å². The van der Waals surface area contributed by atoms with Crippen molar-refractivity contribution in [1.29, 1.82) is 0 Å². The highest BCUT2D eigenvalue weighted by molar-refractivity contribution is 6.31. The number of hydrogen-bond acceptors (Lipinski definition) is 1. The molecular formula is C20H24ClN. The van der Waals surface area contributed by atoms with Gasteiger partial charge >= 0.3 is 0 Å². The summed E-state index contributed by atoms with van der Waals surface area (Å²) < 4.78 is 0. The van der Waals surface area contributed by atoms with Crippen LogP contribution in [0.3, 0.4) is 0 Å². The van der Waals surface area contributed by atoms with E-state index in [2.05, 4.69) is 61.3 Å². The summed E-state index contributed by atoms with van der Waals surface area (Å²) in [4.78, 5) is 0. The lowest BCUT2D eigenvalue weighted by atomic mass is 9.91. The highest BCUT2D eigenvalue weighted by Gasteiger charge is 2.12. The lowest BCUT2D eigenvalue weighted by Gasteiger charge is -2.18. The smallest absolute Gasteiger partial charge is 0.0435 e. The Hall–Kier alpha value is -1.73. The van der Waals surface area contributed by atoms with Crippen LogP contribution in [-0.2, 0) is 6.42 Å². The maximum atomic E-state index is 6.14. The summed E-state index contributed by atoms with van der Waals surface area (Å²) >= 11 is 6.14. The van der Waals surface area contributed by atoms with E-state index in [1.54, 1.807) is 6.20 Å². The molecule has 2 aromatic carbocycles. The van der Waals surface area contributed by atoms with Crippen LogP contribution in [-0.4, -0.2) is 6.54 Å². The topological polar surface area (TPSA) is 12.0 Å². The first-order chi connectivity index (χ1) is 10.7. The second kappa shape index (κ2) is 8.65. The molecule has 0 aromatic heterocycles. The van der Waals surface area contributed by atoms with Crippen LogP contribution in [0.5, 0.6) is 0 Å². The molecule has 1 unspecified atom stereocenters. The Morgan fingerprint density at radius 1 is 1.18 bits per heavy atom. The van der Waals surface area contributed by atoms with Crippen molar-refractivity contribution in [3.05, 3.63) is 83.0 Å². The van der Waals surface area contributed by atoms with Gasteiger partial charge < -0.3 is 5.32 Å². The molecule has 2 heteroatoms. The molecule has 1 atom stereocenters. The van der Waals surface area contributed by atoms with Gasteiger partial charge in [0.2, 0.25) is 0 Å². The summed E-state index contributed by atoms with van der Waals surface area (Å²) in [6.45, 7) is 6.73. The number of rotatable bonds is 8. The summed E-state index contributed by atoms with van der Waals surface area (Å²) in [5.41, 5.74) is 3.90. The average molecular weight is 314 g/mol. The summed E-state index contributed by atoms with van der Waals surface area (Å²) in [7, 11) is 0. The Morgan fingerprint density at radius 2 is 1.95 bits per heavy atom. The van der Waals surface area contributed by atoms with Gasteiger partial charge in [0.05, 0.1) is 0 Å². The second-order valence-corrected chi connectivity index (χ2v) is 6.10. The van der Waals surface area contributed by atoms with Gasteiger partial charge in [-0.2, -0.15) is 0 Å². The van der Waals surface area contributed by atoms with E-state index in [0.29, 0.717) is 5.92 Å². The molecule has 1 nitrogen and oxygen atoms in total. The van der Waals surface area contributed by atoms with E-state index in [9.17, 15) is 0 Å². The molecular weight excluding hydrogens is 290 g/mol. The molecule has 0 bridgehead atoms. The fourth-order valence-corrected chi connectivity index (χ4v) is 2.85. The lowest BCUT2D eigenvalue weighted by Crippen LogP contribution is -2.16. The van der Waals surface area contributed by atoms with Crippen molar-refractivity contribution in [2.75, 3.05) is 6.54 Å². The van der Waals surface area contributed by atoms with Crippen LogP contribution in [0.2, 0.25) is 5.02 Å². The lowest BCUT2D eigenvalue weighted by molar-refractivity contribution is 0.570. The summed E-state index contributed by atoms with van der Waals surface area (Å²) in [5, 5.41) is 4.10. The average Bonchev–Trinajstić information content (AvgIpc) is 2.54. The number of hydrogen-bond donors (Lipinski definition) is 1. The van der Waals surface area contributed by atoms with Gasteiger partial charge in [0.1, 0.15) is 0 Å². The molecule has 0 saturated heterocycles. The Morgan fingerprint density at radius 3 is 2.64 bits per heavy atom. The Bertz CT molecular complexity index is 592. The van der Waals surface area contributed by atoms with Gasteiger partial charge in [-0.05, 0) is 55.1 Å². The zero-order chi connectivity index (χ0) is 15.8. The van der Waals surface area contributed by atoms with Crippen molar-refractivity contribution >= 4 is 11.6 Å². The molecule has 1 N–H and O–H groups in total. The number of benzene rings is 2. The van der Waals surface area contributed by atoms with Crippen molar-refractivity contribution in [2.45, 2.75) is 32.1 Å². The van der Waals surface area contributed by atoms with Crippen LogP contribution in [0, 0.1) is 6.92 Å². The molecule has 2 aromatic rings. The third kappa shape index (κ3) is 4.92. The standard InChI is InChI=1S/C20H24ClN/c1-3-22-15-19(18-12-13-20(21)16(2)14-18)11-7-10-17-8-5-4-6-9-17/h3-6,8-9,12-14,19,22H,1,7,10-11,15H2,2H3. The minimum atomic E-state index is 0.484. The maximum Gasteiger partial charge on any atom is 0.0435 e. The second-order valence-electron chi connectivity index (χ2n) is 5.70. The highest BCUT2D eigenvalue weighted by atomic mass is 35.5. The van der Waals surface area contributed by atoms with Crippen LogP contribution in [0.15, 0.2) is 61.3 Å². The van der Waals surface area contributed by atoms with E-state index in [1.807, 2.05) is 6.07 Å². The summed E-state index contributed by atoms with van der Waals surface area (Å²) in [6.07, 6.45) is 5.22. The van der Waals surface area contributed by atoms with E-state index in [4.69, 9.17) is 11.6 Å². The molecule has 0 spiro atoms. The monoisotopic (exact) mass is 313 g/mol. The Kier molecular flexibility index (Phi) is 6.54. The van der Waals surface area contributed by atoms with Gasteiger partial charge in [0.25, 0.3) is 0 Å². The zero-order valence-corrected chi connectivity index (χ0v) is 13.9. The van der Waals surface area contributed by atoms with Crippen molar-refractivity contribution < 1.29 is 0 Å². The molecule has 22 heavy (non-hydrogen) atoms. The quantitative estimate of drug-likeness (QED) is 0.679. The predicted molar refractivity (Wildman–Crippen MR) is 96.5 cm³/mol. The predicted octanol–water partition coefficient (Wildman–Crippen LogP) is 5.49. The number of halogens is 1.